The van der Waals surface area contributed by atoms with Crippen molar-refractivity contribution < 1.29 is 4.79 Å². The Bertz CT molecular complexity index is 586. The van der Waals surface area contributed by atoms with Crippen LogP contribution in [0.25, 0.3) is 11.3 Å². The van der Waals surface area contributed by atoms with Gasteiger partial charge in [0, 0.05) is 23.9 Å². The van der Waals surface area contributed by atoms with Crippen molar-refractivity contribution in [3.05, 3.63) is 36.5 Å². The van der Waals surface area contributed by atoms with E-state index in [4.69, 9.17) is 0 Å². The zero-order chi connectivity index (χ0) is 14.5. The number of hydrogen-bond donors (Lipinski definition) is 2. The Morgan fingerprint density at radius 1 is 1.24 bits per heavy atom. The topological polar surface area (TPSA) is 57.8 Å². The molecule has 1 aromatic carbocycles. The summed E-state index contributed by atoms with van der Waals surface area (Å²) in [7, 11) is 0. The lowest BCUT2D eigenvalue weighted by molar-refractivity contribution is -0.117. The van der Waals surface area contributed by atoms with Crippen molar-refractivity contribution in [2.45, 2.75) is 38.5 Å². The molecule has 1 aliphatic carbocycles. The Hall–Kier alpha value is -2.10. The highest BCUT2D eigenvalue weighted by Crippen LogP contribution is 2.27. The van der Waals surface area contributed by atoms with Crippen LogP contribution in [-0.4, -0.2) is 16.1 Å². The number of carbonyl (C=O) groups is 1. The highest BCUT2D eigenvalue weighted by Gasteiger charge is 2.17. The lowest BCUT2D eigenvalue weighted by atomic mass is 9.87. The molecule has 1 amide bonds. The molecule has 0 bridgehead atoms. The second kappa shape index (κ2) is 6.57. The molecule has 0 atom stereocenters. The number of anilines is 1. The van der Waals surface area contributed by atoms with E-state index in [1.807, 2.05) is 30.3 Å². The molecule has 0 saturated heterocycles. The summed E-state index contributed by atoms with van der Waals surface area (Å²) in [6.07, 6.45) is 8.63. The van der Waals surface area contributed by atoms with Crippen LogP contribution in [0.5, 0.6) is 0 Å². The van der Waals surface area contributed by atoms with Crippen LogP contribution in [0.2, 0.25) is 0 Å². The van der Waals surface area contributed by atoms with E-state index < -0.39 is 0 Å². The average molecular weight is 283 g/mol. The normalized spacial score (nSPS) is 15.8. The Labute approximate surface area is 125 Å². The molecular weight excluding hydrogens is 262 g/mol. The molecule has 4 heteroatoms. The molecule has 1 heterocycles. The fourth-order valence-corrected chi connectivity index (χ4v) is 3.05. The summed E-state index contributed by atoms with van der Waals surface area (Å²) in [6, 6.07) is 9.78. The van der Waals surface area contributed by atoms with Gasteiger partial charge in [-0.25, -0.2) is 0 Å². The Morgan fingerprint density at radius 3 is 2.86 bits per heavy atom. The quantitative estimate of drug-likeness (QED) is 0.891. The number of nitrogens with zero attached hydrogens (tertiary/aromatic N) is 1. The third-order valence-electron chi connectivity index (χ3n) is 4.16. The first-order valence-electron chi connectivity index (χ1n) is 7.71. The van der Waals surface area contributed by atoms with Crippen LogP contribution in [0.1, 0.15) is 38.5 Å². The minimum Gasteiger partial charge on any atom is -0.326 e. The average Bonchev–Trinajstić information content (AvgIpc) is 3.02. The van der Waals surface area contributed by atoms with Gasteiger partial charge in [-0.1, -0.05) is 31.4 Å². The smallest absolute Gasteiger partial charge is 0.224 e. The molecule has 2 aromatic rings. The maximum absolute atomic E-state index is 12.1. The van der Waals surface area contributed by atoms with Gasteiger partial charge in [0.05, 0.1) is 5.69 Å². The van der Waals surface area contributed by atoms with Crippen LogP contribution in [0.4, 0.5) is 5.69 Å². The molecule has 21 heavy (non-hydrogen) atoms. The summed E-state index contributed by atoms with van der Waals surface area (Å²) in [4.78, 5) is 12.1. The van der Waals surface area contributed by atoms with E-state index in [0.29, 0.717) is 12.3 Å². The predicted molar refractivity (Wildman–Crippen MR) is 83.8 cm³/mol. The number of H-pyrrole nitrogens is 1. The van der Waals surface area contributed by atoms with Crippen LogP contribution in [0.15, 0.2) is 36.5 Å². The van der Waals surface area contributed by atoms with Gasteiger partial charge in [-0.3, -0.25) is 9.89 Å². The number of nitrogens with one attached hydrogen (secondary N) is 2. The van der Waals surface area contributed by atoms with Gasteiger partial charge in [0.2, 0.25) is 5.91 Å². The maximum atomic E-state index is 12.1. The lowest BCUT2D eigenvalue weighted by Crippen LogP contribution is -2.18. The van der Waals surface area contributed by atoms with Gasteiger partial charge >= 0.3 is 0 Å². The van der Waals surface area contributed by atoms with Gasteiger partial charge in [0.15, 0.2) is 0 Å². The molecule has 1 aromatic heterocycles. The van der Waals surface area contributed by atoms with Crippen LogP contribution in [-0.2, 0) is 4.79 Å². The van der Waals surface area contributed by atoms with E-state index in [2.05, 4.69) is 15.5 Å². The van der Waals surface area contributed by atoms with Crippen molar-refractivity contribution in [3.63, 3.8) is 0 Å². The standard InChI is InChI=1S/C17H21N3O/c21-17(11-13-5-2-1-3-6-13)19-15-8-4-7-14(12-15)16-9-10-18-20-16/h4,7-10,12-13H,1-3,5-6,11H2,(H,18,20)(H,19,21). The summed E-state index contributed by atoms with van der Waals surface area (Å²) in [5.41, 5.74) is 2.84. The third kappa shape index (κ3) is 3.72. The molecule has 0 spiro atoms. The monoisotopic (exact) mass is 283 g/mol. The van der Waals surface area contributed by atoms with Gasteiger partial charge in [-0.15, -0.1) is 0 Å². The molecule has 110 valence electrons. The first kappa shape index (κ1) is 13.9. The van der Waals surface area contributed by atoms with Gasteiger partial charge in [0.25, 0.3) is 0 Å². The van der Waals surface area contributed by atoms with Crippen molar-refractivity contribution in [2.75, 3.05) is 5.32 Å². The highest BCUT2D eigenvalue weighted by molar-refractivity contribution is 5.91. The van der Waals surface area contributed by atoms with Crippen molar-refractivity contribution >= 4 is 11.6 Å². The molecule has 1 aliphatic rings. The van der Waals surface area contributed by atoms with E-state index in [1.54, 1.807) is 6.20 Å². The molecular formula is C17H21N3O. The second-order valence-corrected chi connectivity index (χ2v) is 5.81. The van der Waals surface area contributed by atoms with Crippen LogP contribution in [0, 0.1) is 5.92 Å². The summed E-state index contributed by atoms with van der Waals surface area (Å²) >= 11 is 0. The third-order valence-corrected chi connectivity index (χ3v) is 4.16. The van der Waals surface area contributed by atoms with Crippen molar-refractivity contribution in [3.8, 4) is 11.3 Å². The molecule has 0 aliphatic heterocycles. The van der Waals surface area contributed by atoms with Gasteiger partial charge in [-0.2, -0.15) is 5.10 Å². The van der Waals surface area contributed by atoms with Crippen LogP contribution >= 0.6 is 0 Å². The lowest BCUT2D eigenvalue weighted by Gasteiger charge is -2.20. The van der Waals surface area contributed by atoms with Gasteiger partial charge < -0.3 is 5.32 Å². The minimum absolute atomic E-state index is 0.128. The van der Waals surface area contributed by atoms with Crippen molar-refractivity contribution in [1.82, 2.24) is 10.2 Å². The molecule has 1 saturated carbocycles. The highest BCUT2D eigenvalue weighted by atomic mass is 16.1. The summed E-state index contributed by atoms with van der Waals surface area (Å²) in [5.74, 6) is 0.693. The molecule has 2 N–H and O–H groups in total. The Morgan fingerprint density at radius 2 is 2.10 bits per heavy atom. The molecule has 4 nitrogen and oxygen atoms in total. The molecule has 0 unspecified atom stereocenters. The Kier molecular flexibility index (Phi) is 4.34. The summed E-state index contributed by atoms with van der Waals surface area (Å²) in [5, 5.41) is 9.91. The predicted octanol–water partition coefficient (Wildman–Crippen LogP) is 3.99. The number of rotatable bonds is 4. The van der Waals surface area contributed by atoms with Gasteiger partial charge in [0.1, 0.15) is 0 Å². The number of hydrogen-bond acceptors (Lipinski definition) is 2. The van der Waals surface area contributed by atoms with E-state index in [0.717, 1.165) is 16.9 Å². The largest absolute Gasteiger partial charge is 0.326 e. The van der Waals surface area contributed by atoms with E-state index in [1.165, 1.54) is 32.1 Å². The maximum Gasteiger partial charge on any atom is 0.224 e. The van der Waals surface area contributed by atoms with Gasteiger partial charge in [-0.05, 0) is 37.0 Å². The number of aromatic nitrogens is 2. The van der Waals surface area contributed by atoms with Crippen molar-refractivity contribution in [1.29, 1.82) is 0 Å². The van der Waals surface area contributed by atoms with Crippen LogP contribution in [0.3, 0.4) is 0 Å². The van der Waals surface area contributed by atoms with Crippen LogP contribution < -0.4 is 5.32 Å². The molecule has 0 radical (unpaired) electrons. The number of aromatic amines is 1. The fraction of sp³-hybridized carbons (Fsp3) is 0.412. The molecule has 3 rings (SSSR count). The first-order valence-corrected chi connectivity index (χ1v) is 7.71. The second-order valence-electron chi connectivity index (χ2n) is 5.81. The zero-order valence-corrected chi connectivity index (χ0v) is 12.1. The fourth-order valence-electron chi connectivity index (χ4n) is 3.05. The van der Waals surface area contributed by atoms with E-state index >= 15 is 0 Å². The minimum atomic E-state index is 0.128. The first-order chi connectivity index (χ1) is 10.3. The van der Waals surface area contributed by atoms with E-state index in [-0.39, 0.29) is 5.91 Å². The number of amides is 1. The van der Waals surface area contributed by atoms with Crippen molar-refractivity contribution in [2.24, 2.45) is 5.92 Å². The van der Waals surface area contributed by atoms with E-state index in [9.17, 15) is 4.79 Å². The molecule has 1 fully saturated rings. The SMILES string of the molecule is O=C(CC1CCCCC1)Nc1cccc(-c2ccn[nH]2)c1. The number of benzene rings is 1. The zero-order valence-electron chi connectivity index (χ0n) is 12.1. The number of carbonyl (C=O) groups excluding carboxylic acids is 1. The Balaban J connectivity index is 1.62. The summed E-state index contributed by atoms with van der Waals surface area (Å²) in [6.45, 7) is 0. The summed E-state index contributed by atoms with van der Waals surface area (Å²) < 4.78 is 0.